The van der Waals surface area contributed by atoms with E-state index in [-0.39, 0.29) is 6.10 Å². The normalized spacial score (nSPS) is 14.0. The van der Waals surface area contributed by atoms with Gasteiger partial charge in [-0.15, -0.1) is 0 Å². The van der Waals surface area contributed by atoms with E-state index >= 15 is 0 Å². The van der Waals surface area contributed by atoms with Crippen LogP contribution < -0.4 is 4.74 Å². The Labute approximate surface area is 157 Å². The Hall–Kier alpha value is -0.540. The molecule has 0 N–H and O–H groups in total. The first kappa shape index (κ1) is 18.8. The minimum Gasteiger partial charge on any atom is -0.489 e. The van der Waals surface area contributed by atoms with Crippen LogP contribution in [0.1, 0.15) is 52.9 Å². The molecule has 0 aromatic heterocycles. The van der Waals surface area contributed by atoms with Crippen molar-refractivity contribution in [2.75, 3.05) is 0 Å². The molecule has 2 unspecified atom stereocenters. The van der Waals surface area contributed by atoms with Gasteiger partial charge < -0.3 is 4.74 Å². The van der Waals surface area contributed by atoms with E-state index in [2.05, 4.69) is 83.0 Å². The van der Waals surface area contributed by atoms with Crippen molar-refractivity contribution in [3.8, 4) is 5.75 Å². The highest BCUT2D eigenvalue weighted by Gasteiger charge is 2.14. The Balaban J connectivity index is 2.13. The summed E-state index contributed by atoms with van der Waals surface area (Å²) in [5.41, 5.74) is 0. The standard InChI is InChI=1S/C20H26Br2O/c1-4-14(3)7-6-8-17(5-2)23-20-18-11-10-16(21)13-15(18)9-12-19(20)22/h9-14,17H,4-8H2,1-3H3. The number of rotatable bonds is 8. The summed E-state index contributed by atoms with van der Waals surface area (Å²) in [5, 5.41) is 2.37. The van der Waals surface area contributed by atoms with Crippen LogP contribution in [0.2, 0.25) is 0 Å². The highest BCUT2D eigenvalue weighted by molar-refractivity contribution is 9.10. The third-order valence-electron chi connectivity index (χ3n) is 4.54. The number of hydrogen-bond donors (Lipinski definition) is 0. The molecule has 0 heterocycles. The molecule has 2 rings (SSSR count). The van der Waals surface area contributed by atoms with Gasteiger partial charge in [0.2, 0.25) is 0 Å². The Morgan fingerprint density at radius 3 is 2.48 bits per heavy atom. The van der Waals surface area contributed by atoms with Gasteiger partial charge in [-0.05, 0) is 70.8 Å². The highest BCUT2D eigenvalue weighted by Crippen LogP contribution is 2.36. The summed E-state index contributed by atoms with van der Waals surface area (Å²) in [5.74, 6) is 1.79. The summed E-state index contributed by atoms with van der Waals surface area (Å²) in [4.78, 5) is 0. The summed E-state index contributed by atoms with van der Waals surface area (Å²) in [6.07, 6.45) is 6.24. The van der Waals surface area contributed by atoms with Gasteiger partial charge in [-0.1, -0.05) is 55.6 Å². The lowest BCUT2D eigenvalue weighted by molar-refractivity contribution is 0.181. The maximum atomic E-state index is 6.40. The van der Waals surface area contributed by atoms with E-state index in [1.807, 2.05) is 0 Å². The Bertz CT molecular complexity index is 639. The quantitative estimate of drug-likeness (QED) is 0.406. The number of fused-ring (bicyclic) bond motifs is 1. The lowest BCUT2D eigenvalue weighted by Crippen LogP contribution is -2.16. The molecule has 2 atom stereocenters. The Morgan fingerprint density at radius 2 is 1.78 bits per heavy atom. The molecule has 3 heteroatoms. The van der Waals surface area contributed by atoms with E-state index in [1.54, 1.807) is 0 Å². The summed E-state index contributed by atoms with van der Waals surface area (Å²) < 4.78 is 8.53. The second kappa shape index (κ2) is 9.08. The van der Waals surface area contributed by atoms with Gasteiger partial charge in [0.05, 0.1) is 10.6 Å². The van der Waals surface area contributed by atoms with Crippen LogP contribution in [0.5, 0.6) is 5.75 Å². The first-order chi connectivity index (χ1) is 11.0. The summed E-state index contributed by atoms with van der Waals surface area (Å²) in [7, 11) is 0. The van der Waals surface area contributed by atoms with Crippen molar-refractivity contribution in [2.24, 2.45) is 5.92 Å². The van der Waals surface area contributed by atoms with Crippen molar-refractivity contribution in [3.05, 3.63) is 39.3 Å². The van der Waals surface area contributed by atoms with Crippen molar-refractivity contribution in [1.29, 1.82) is 0 Å². The number of benzene rings is 2. The molecule has 0 fully saturated rings. The monoisotopic (exact) mass is 440 g/mol. The minimum atomic E-state index is 0.282. The van der Waals surface area contributed by atoms with E-state index in [1.165, 1.54) is 30.0 Å². The Kier molecular flexibility index (Phi) is 7.42. The molecule has 1 nitrogen and oxygen atoms in total. The maximum absolute atomic E-state index is 6.40. The molecule has 126 valence electrons. The van der Waals surface area contributed by atoms with Gasteiger partial charge >= 0.3 is 0 Å². The molecule has 2 aromatic rings. The first-order valence-corrected chi connectivity index (χ1v) is 10.2. The van der Waals surface area contributed by atoms with Crippen LogP contribution in [0.25, 0.3) is 10.8 Å². The van der Waals surface area contributed by atoms with E-state index in [4.69, 9.17) is 4.74 Å². The topological polar surface area (TPSA) is 9.23 Å². The van der Waals surface area contributed by atoms with E-state index < -0.39 is 0 Å². The molecular weight excluding hydrogens is 416 g/mol. The van der Waals surface area contributed by atoms with Crippen molar-refractivity contribution < 1.29 is 4.74 Å². The molecule has 2 aromatic carbocycles. The van der Waals surface area contributed by atoms with Gasteiger partial charge in [0, 0.05) is 9.86 Å². The van der Waals surface area contributed by atoms with Crippen LogP contribution in [0, 0.1) is 5.92 Å². The van der Waals surface area contributed by atoms with E-state index in [0.717, 1.165) is 33.5 Å². The van der Waals surface area contributed by atoms with Crippen LogP contribution in [0.4, 0.5) is 0 Å². The minimum absolute atomic E-state index is 0.282. The fraction of sp³-hybridized carbons (Fsp3) is 0.500. The van der Waals surface area contributed by atoms with Crippen molar-refractivity contribution in [3.63, 3.8) is 0 Å². The molecule has 0 saturated heterocycles. The van der Waals surface area contributed by atoms with Gasteiger partial charge in [-0.25, -0.2) is 0 Å². The predicted octanol–water partition coefficient (Wildman–Crippen LogP) is 7.74. The van der Waals surface area contributed by atoms with E-state index in [0.29, 0.717) is 0 Å². The largest absolute Gasteiger partial charge is 0.489 e. The molecule has 0 bridgehead atoms. The van der Waals surface area contributed by atoms with Gasteiger partial charge in [0.15, 0.2) is 0 Å². The Morgan fingerprint density at radius 1 is 1.00 bits per heavy atom. The SMILES string of the molecule is CCC(C)CCCC(CC)Oc1c(Br)ccc2cc(Br)ccc12. The molecule has 0 saturated carbocycles. The lowest BCUT2D eigenvalue weighted by Gasteiger charge is -2.21. The zero-order valence-electron chi connectivity index (χ0n) is 14.2. The number of ether oxygens (including phenoxy) is 1. The second-order valence-corrected chi connectivity index (χ2v) is 8.10. The third-order valence-corrected chi connectivity index (χ3v) is 5.66. The molecule has 0 amide bonds. The highest BCUT2D eigenvalue weighted by atomic mass is 79.9. The summed E-state index contributed by atoms with van der Waals surface area (Å²) in [6.45, 7) is 6.81. The molecular formula is C20H26Br2O. The molecule has 23 heavy (non-hydrogen) atoms. The van der Waals surface area contributed by atoms with Crippen molar-refractivity contribution in [2.45, 2.75) is 59.0 Å². The van der Waals surface area contributed by atoms with Crippen LogP contribution in [-0.4, -0.2) is 6.10 Å². The average Bonchev–Trinajstić information content (AvgIpc) is 2.55. The van der Waals surface area contributed by atoms with Gasteiger partial charge in [-0.3, -0.25) is 0 Å². The van der Waals surface area contributed by atoms with Crippen LogP contribution in [-0.2, 0) is 0 Å². The lowest BCUT2D eigenvalue weighted by atomic mass is 9.99. The van der Waals surface area contributed by atoms with Crippen LogP contribution in [0.3, 0.4) is 0 Å². The number of halogens is 2. The zero-order valence-corrected chi connectivity index (χ0v) is 17.4. The summed E-state index contributed by atoms with van der Waals surface area (Å²) >= 11 is 7.20. The maximum Gasteiger partial charge on any atom is 0.141 e. The molecule has 0 aliphatic rings. The third kappa shape index (κ3) is 5.22. The van der Waals surface area contributed by atoms with Crippen LogP contribution >= 0.6 is 31.9 Å². The molecule has 0 aliphatic carbocycles. The van der Waals surface area contributed by atoms with Gasteiger partial charge in [0.1, 0.15) is 5.75 Å². The smallest absolute Gasteiger partial charge is 0.141 e. The second-order valence-electron chi connectivity index (χ2n) is 6.33. The summed E-state index contributed by atoms with van der Waals surface area (Å²) in [6, 6.07) is 10.5. The molecule has 0 radical (unpaired) electrons. The fourth-order valence-electron chi connectivity index (χ4n) is 2.78. The van der Waals surface area contributed by atoms with Gasteiger partial charge in [0.25, 0.3) is 0 Å². The molecule has 0 spiro atoms. The van der Waals surface area contributed by atoms with Crippen molar-refractivity contribution in [1.82, 2.24) is 0 Å². The van der Waals surface area contributed by atoms with Crippen LogP contribution in [0.15, 0.2) is 39.3 Å². The molecule has 0 aliphatic heterocycles. The fourth-order valence-corrected chi connectivity index (χ4v) is 3.59. The van der Waals surface area contributed by atoms with Gasteiger partial charge in [-0.2, -0.15) is 0 Å². The first-order valence-electron chi connectivity index (χ1n) is 8.59. The zero-order chi connectivity index (χ0) is 16.8. The number of hydrogen-bond acceptors (Lipinski definition) is 1. The van der Waals surface area contributed by atoms with Crippen molar-refractivity contribution >= 4 is 42.6 Å². The average molecular weight is 442 g/mol. The van der Waals surface area contributed by atoms with E-state index in [9.17, 15) is 0 Å². The predicted molar refractivity (Wildman–Crippen MR) is 107 cm³/mol.